The fraction of sp³-hybridized carbons (Fsp3) is 0.429. The molecule has 1 unspecified atom stereocenters. The Kier molecular flexibility index (Phi) is 5.31. The van der Waals surface area contributed by atoms with E-state index in [1.165, 1.54) is 17.1 Å². The zero-order chi connectivity index (χ0) is 14.4. The number of nitrogens with zero attached hydrogens (tertiary/aromatic N) is 2. The minimum Gasteiger partial charge on any atom is -0.494 e. The third-order valence-electron chi connectivity index (χ3n) is 2.77. The highest BCUT2D eigenvalue weighted by molar-refractivity contribution is 7.09. The first-order valence-corrected chi connectivity index (χ1v) is 7.31. The van der Waals surface area contributed by atoms with E-state index in [0.717, 1.165) is 10.9 Å². The SMILES string of the molecule is CCOc1ccc(C(C)Nc2nc(COC)ns2)cc1. The van der Waals surface area contributed by atoms with Crippen LogP contribution in [0, 0.1) is 0 Å². The van der Waals surface area contributed by atoms with Gasteiger partial charge in [0.05, 0.1) is 12.6 Å². The van der Waals surface area contributed by atoms with Crippen molar-refractivity contribution in [2.45, 2.75) is 26.5 Å². The van der Waals surface area contributed by atoms with Crippen molar-refractivity contribution in [1.29, 1.82) is 0 Å². The molecule has 1 aromatic carbocycles. The summed E-state index contributed by atoms with van der Waals surface area (Å²) in [5.41, 5.74) is 1.18. The lowest BCUT2D eigenvalue weighted by Crippen LogP contribution is -2.06. The number of anilines is 1. The van der Waals surface area contributed by atoms with Gasteiger partial charge in [0, 0.05) is 18.6 Å². The maximum absolute atomic E-state index is 5.43. The van der Waals surface area contributed by atoms with Crippen LogP contribution in [-0.4, -0.2) is 23.1 Å². The molecule has 5 nitrogen and oxygen atoms in total. The summed E-state index contributed by atoms with van der Waals surface area (Å²) in [7, 11) is 1.64. The van der Waals surface area contributed by atoms with E-state index >= 15 is 0 Å². The van der Waals surface area contributed by atoms with Crippen LogP contribution >= 0.6 is 11.5 Å². The van der Waals surface area contributed by atoms with Gasteiger partial charge in [0.25, 0.3) is 0 Å². The highest BCUT2D eigenvalue weighted by Gasteiger charge is 2.09. The van der Waals surface area contributed by atoms with Gasteiger partial charge in [0.2, 0.25) is 5.13 Å². The number of aromatic nitrogens is 2. The predicted octanol–water partition coefficient (Wildman–Crippen LogP) is 3.26. The fourth-order valence-electron chi connectivity index (χ4n) is 1.79. The van der Waals surface area contributed by atoms with Crippen molar-refractivity contribution < 1.29 is 9.47 Å². The van der Waals surface area contributed by atoms with Gasteiger partial charge in [-0.2, -0.15) is 4.37 Å². The Morgan fingerprint density at radius 2 is 2.05 bits per heavy atom. The van der Waals surface area contributed by atoms with Gasteiger partial charge in [-0.15, -0.1) is 0 Å². The molecule has 0 aliphatic heterocycles. The Hall–Kier alpha value is -1.66. The van der Waals surface area contributed by atoms with Crippen LogP contribution < -0.4 is 10.1 Å². The molecule has 20 heavy (non-hydrogen) atoms. The monoisotopic (exact) mass is 293 g/mol. The van der Waals surface area contributed by atoms with Gasteiger partial charge < -0.3 is 14.8 Å². The average Bonchev–Trinajstić information content (AvgIpc) is 2.88. The molecule has 1 aromatic heterocycles. The van der Waals surface area contributed by atoms with E-state index in [1.54, 1.807) is 7.11 Å². The average molecular weight is 293 g/mol. The lowest BCUT2D eigenvalue weighted by Gasteiger charge is -2.13. The highest BCUT2D eigenvalue weighted by Crippen LogP contribution is 2.22. The number of benzene rings is 1. The van der Waals surface area contributed by atoms with Crippen LogP contribution in [0.3, 0.4) is 0 Å². The summed E-state index contributed by atoms with van der Waals surface area (Å²) in [5, 5.41) is 4.14. The molecule has 6 heteroatoms. The van der Waals surface area contributed by atoms with E-state index in [-0.39, 0.29) is 6.04 Å². The molecule has 0 fully saturated rings. The summed E-state index contributed by atoms with van der Waals surface area (Å²) in [6.07, 6.45) is 0. The molecule has 0 radical (unpaired) electrons. The number of methoxy groups -OCH3 is 1. The lowest BCUT2D eigenvalue weighted by molar-refractivity contribution is 0.179. The maximum Gasteiger partial charge on any atom is 0.203 e. The second kappa shape index (κ2) is 7.21. The Morgan fingerprint density at radius 1 is 1.30 bits per heavy atom. The zero-order valence-corrected chi connectivity index (χ0v) is 12.7. The molecule has 0 aliphatic carbocycles. The van der Waals surface area contributed by atoms with Gasteiger partial charge in [0.15, 0.2) is 5.82 Å². The van der Waals surface area contributed by atoms with E-state index < -0.39 is 0 Å². The predicted molar refractivity (Wildman–Crippen MR) is 80.3 cm³/mol. The van der Waals surface area contributed by atoms with Gasteiger partial charge in [0.1, 0.15) is 12.4 Å². The standard InChI is InChI=1S/C14H19N3O2S/c1-4-19-12-7-5-11(6-8-12)10(2)15-14-16-13(9-18-3)17-20-14/h5-8,10H,4,9H2,1-3H3,(H,15,16,17). The summed E-state index contributed by atoms with van der Waals surface area (Å²) in [6, 6.07) is 8.23. The molecule has 2 rings (SSSR count). The van der Waals surface area contributed by atoms with Gasteiger partial charge in [-0.25, -0.2) is 4.98 Å². The summed E-state index contributed by atoms with van der Waals surface area (Å²) in [6.45, 7) is 5.19. The molecule has 108 valence electrons. The van der Waals surface area contributed by atoms with Crippen LogP contribution in [0.15, 0.2) is 24.3 Å². The van der Waals surface area contributed by atoms with Crippen molar-refractivity contribution in [2.75, 3.05) is 19.0 Å². The lowest BCUT2D eigenvalue weighted by atomic mass is 10.1. The van der Waals surface area contributed by atoms with Crippen LogP contribution in [0.1, 0.15) is 31.3 Å². The highest BCUT2D eigenvalue weighted by atomic mass is 32.1. The van der Waals surface area contributed by atoms with Crippen molar-refractivity contribution in [3.05, 3.63) is 35.7 Å². The molecule has 1 atom stereocenters. The Balaban J connectivity index is 1.97. The molecule has 0 saturated heterocycles. The smallest absolute Gasteiger partial charge is 0.203 e. The molecule has 0 bridgehead atoms. The van der Waals surface area contributed by atoms with Crippen LogP contribution in [0.2, 0.25) is 0 Å². The number of hydrogen-bond donors (Lipinski definition) is 1. The van der Waals surface area contributed by atoms with E-state index in [4.69, 9.17) is 9.47 Å². The summed E-state index contributed by atoms with van der Waals surface area (Å²) in [4.78, 5) is 4.36. The zero-order valence-electron chi connectivity index (χ0n) is 11.9. The van der Waals surface area contributed by atoms with Crippen molar-refractivity contribution in [1.82, 2.24) is 9.36 Å². The molecule has 1 heterocycles. The molecule has 0 aliphatic rings. The molecule has 1 N–H and O–H groups in total. The maximum atomic E-state index is 5.43. The van der Waals surface area contributed by atoms with Crippen LogP contribution in [0.4, 0.5) is 5.13 Å². The summed E-state index contributed by atoms with van der Waals surface area (Å²) in [5.74, 6) is 1.60. The van der Waals surface area contributed by atoms with Crippen LogP contribution in [-0.2, 0) is 11.3 Å². The second-order valence-corrected chi connectivity index (χ2v) is 5.07. The normalized spacial score (nSPS) is 12.2. The number of ether oxygens (including phenoxy) is 2. The topological polar surface area (TPSA) is 56.3 Å². The van der Waals surface area contributed by atoms with E-state index in [1.807, 2.05) is 19.1 Å². The molecule has 0 amide bonds. The number of hydrogen-bond acceptors (Lipinski definition) is 6. The first-order chi connectivity index (χ1) is 9.72. The second-order valence-electron chi connectivity index (χ2n) is 4.32. The van der Waals surface area contributed by atoms with Gasteiger partial charge in [-0.1, -0.05) is 12.1 Å². The molecular weight excluding hydrogens is 274 g/mol. The summed E-state index contributed by atoms with van der Waals surface area (Å²) < 4.78 is 14.7. The van der Waals surface area contributed by atoms with Crippen LogP contribution in [0.25, 0.3) is 0 Å². The van der Waals surface area contributed by atoms with Crippen LogP contribution in [0.5, 0.6) is 5.75 Å². The Morgan fingerprint density at radius 3 is 2.70 bits per heavy atom. The largest absolute Gasteiger partial charge is 0.494 e. The first-order valence-electron chi connectivity index (χ1n) is 6.53. The quantitative estimate of drug-likeness (QED) is 0.849. The minimum absolute atomic E-state index is 0.161. The van der Waals surface area contributed by atoms with E-state index in [0.29, 0.717) is 19.0 Å². The van der Waals surface area contributed by atoms with E-state index in [9.17, 15) is 0 Å². The summed E-state index contributed by atoms with van der Waals surface area (Å²) >= 11 is 1.35. The molecular formula is C14H19N3O2S. The number of nitrogens with one attached hydrogen (secondary N) is 1. The molecule has 2 aromatic rings. The van der Waals surface area contributed by atoms with Gasteiger partial charge in [-0.3, -0.25) is 0 Å². The van der Waals surface area contributed by atoms with Crippen molar-refractivity contribution in [2.24, 2.45) is 0 Å². The third-order valence-corrected chi connectivity index (χ3v) is 3.46. The third kappa shape index (κ3) is 3.91. The minimum atomic E-state index is 0.161. The first kappa shape index (κ1) is 14.7. The van der Waals surface area contributed by atoms with Crippen molar-refractivity contribution in [3.8, 4) is 5.75 Å². The number of rotatable bonds is 7. The van der Waals surface area contributed by atoms with Gasteiger partial charge >= 0.3 is 0 Å². The Bertz CT molecular complexity index is 527. The fourth-order valence-corrected chi connectivity index (χ4v) is 2.45. The van der Waals surface area contributed by atoms with Crippen molar-refractivity contribution >= 4 is 16.7 Å². The van der Waals surface area contributed by atoms with Crippen molar-refractivity contribution in [3.63, 3.8) is 0 Å². The molecule has 0 spiro atoms. The molecule has 0 saturated carbocycles. The van der Waals surface area contributed by atoms with Gasteiger partial charge in [-0.05, 0) is 31.5 Å². The van der Waals surface area contributed by atoms with E-state index in [2.05, 4.69) is 33.7 Å². The Labute approximate surface area is 123 Å².